The van der Waals surface area contributed by atoms with E-state index in [-0.39, 0.29) is 17.5 Å². The molecule has 0 aliphatic carbocycles. The van der Waals surface area contributed by atoms with Crippen LogP contribution >= 0.6 is 0 Å². The summed E-state index contributed by atoms with van der Waals surface area (Å²) in [5, 5.41) is 7.85. The lowest BCUT2D eigenvalue weighted by atomic mass is 9.95. The first-order chi connectivity index (χ1) is 13.7. The van der Waals surface area contributed by atoms with E-state index < -0.39 is 0 Å². The summed E-state index contributed by atoms with van der Waals surface area (Å²) in [5.74, 6) is 0.757. The molecule has 0 radical (unpaired) electrons. The van der Waals surface area contributed by atoms with Gasteiger partial charge in [-0.3, -0.25) is 14.4 Å². The molecule has 1 amide bonds. The van der Waals surface area contributed by atoms with Gasteiger partial charge in [-0.2, -0.15) is 5.10 Å². The van der Waals surface area contributed by atoms with Crippen LogP contribution in [0.25, 0.3) is 0 Å². The summed E-state index contributed by atoms with van der Waals surface area (Å²) in [6.07, 6.45) is 2.43. The Kier molecular flexibility index (Phi) is 6.47. The minimum Gasteiger partial charge on any atom is -0.350 e. The Labute approximate surface area is 175 Å². The van der Waals surface area contributed by atoms with Crippen molar-refractivity contribution >= 4 is 5.91 Å². The van der Waals surface area contributed by atoms with Crippen LogP contribution in [-0.2, 0) is 5.54 Å². The third-order valence-corrected chi connectivity index (χ3v) is 6.05. The van der Waals surface area contributed by atoms with Crippen molar-refractivity contribution in [3.05, 3.63) is 52.8 Å². The van der Waals surface area contributed by atoms with Crippen LogP contribution in [0.5, 0.6) is 0 Å². The van der Waals surface area contributed by atoms with Crippen molar-refractivity contribution in [2.24, 2.45) is 5.92 Å². The normalized spacial score (nSPS) is 17.3. The smallest absolute Gasteiger partial charge is 0.255 e. The number of carbonyl (C=O) groups is 1. The number of piperidine rings is 1. The van der Waals surface area contributed by atoms with Crippen LogP contribution in [0.2, 0.25) is 0 Å². The van der Waals surface area contributed by atoms with Crippen LogP contribution in [0, 0.1) is 19.8 Å². The molecule has 158 valence electrons. The highest BCUT2D eigenvalue weighted by Gasteiger charge is 2.27. The van der Waals surface area contributed by atoms with Crippen molar-refractivity contribution < 1.29 is 4.79 Å². The summed E-state index contributed by atoms with van der Waals surface area (Å²) < 4.78 is 1.96. The maximum absolute atomic E-state index is 13.1. The van der Waals surface area contributed by atoms with E-state index in [0.717, 1.165) is 30.4 Å². The molecule has 0 saturated carbocycles. The van der Waals surface area contributed by atoms with Gasteiger partial charge in [-0.25, -0.2) is 0 Å². The van der Waals surface area contributed by atoms with Crippen LogP contribution in [0.1, 0.15) is 73.9 Å². The molecule has 0 spiro atoms. The van der Waals surface area contributed by atoms with Gasteiger partial charge in [-0.15, -0.1) is 0 Å². The molecule has 0 bridgehead atoms. The van der Waals surface area contributed by atoms with E-state index in [1.54, 1.807) is 0 Å². The molecule has 2 aromatic rings. The first kappa shape index (κ1) is 21.6. The van der Waals surface area contributed by atoms with E-state index in [9.17, 15) is 4.79 Å². The SMILES string of the molecule is Cc1nn(C(C)(C)C)c(C)c1C(=O)NCC(c1ccccc1)N1CCC(C)CC1. The first-order valence-electron chi connectivity index (χ1n) is 10.8. The minimum atomic E-state index is -0.148. The van der Waals surface area contributed by atoms with Gasteiger partial charge in [0.25, 0.3) is 5.91 Å². The number of nitrogens with zero attached hydrogens (tertiary/aromatic N) is 3. The van der Waals surface area contributed by atoms with Gasteiger partial charge in [-0.1, -0.05) is 37.3 Å². The summed E-state index contributed by atoms with van der Waals surface area (Å²) in [6, 6.07) is 10.7. The highest BCUT2D eigenvalue weighted by Crippen LogP contribution is 2.27. The predicted octanol–water partition coefficient (Wildman–Crippen LogP) is 4.46. The molecule has 1 fully saturated rings. The highest BCUT2D eigenvalue weighted by atomic mass is 16.1. The van der Waals surface area contributed by atoms with Crippen LogP contribution in [0.3, 0.4) is 0 Å². The Balaban J connectivity index is 1.78. The molecule has 2 heterocycles. The van der Waals surface area contributed by atoms with Gasteiger partial charge in [0.1, 0.15) is 0 Å². The maximum atomic E-state index is 13.1. The molecule has 1 aliphatic rings. The number of amides is 1. The summed E-state index contributed by atoms with van der Waals surface area (Å²) >= 11 is 0. The van der Waals surface area contributed by atoms with Crippen LogP contribution in [-0.4, -0.2) is 40.2 Å². The lowest BCUT2D eigenvalue weighted by Crippen LogP contribution is -2.42. The lowest BCUT2D eigenvalue weighted by molar-refractivity contribution is 0.0911. The number of aromatic nitrogens is 2. The second-order valence-corrected chi connectivity index (χ2v) is 9.48. The molecule has 1 aliphatic heterocycles. The molecule has 1 aromatic heterocycles. The molecule has 29 heavy (non-hydrogen) atoms. The molecule has 1 atom stereocenters. The molecule has 1 aromatic carbocycles. The predicted molar refractivity (Wildman–Crippen MR) is 118 cm³/mol. The number of benzene rings is 1. The van der Waals surface area contributed by atoms with Gasteiger partial charge < -0.3 is 5.32 Å². The Morgan fingerprint density at radius 2 is 1.79 bits per heavy atom. The van der Waals surface area contributed by atoms with Crippen molar-refractivity contribution in [2.45, 2.75) is 66.0 Å². The van der Waals surface area contributed by atoms with E-state index in [2.05, 4.69) is 67.3 Å². The zero-order valence-electron chi connectivity index (χ0n) is 18.8. The van der Waals surface area contributed by atoms with E-state index in [0.29, 0.717) is 12.1 Å². The fraction of sp³-hybridized carbons (Fsp3) is 0.583. The number of carbonyl (C=O) groups excluding carboxylic acids is 1. The molecule has 1 unspecified atom stereocenters. The van der Waals surface area contributed by atoms with Crippen molar-refractivity contribution in [1.82, 2.24) is 20.0 Å². The zero-order valence-corrected chi connectivity index (χ0v) is 18.8. The number of hydrogen-bond donors (Lipinski definition) is 1. The second kappa shape index (κ2) is 8.70. The number of hydrogen-bond acceptors (Lipinski definition) is 3. The number of nitrogens with one attached hydrogen (secondary N) is 1. The Morgan fingerprint density at radius 3 is 2.34 bits per heavy atom. The Morgan fingerprint density at radius 1 is 1.17 bits per heavy atom. The third-order valence-electron chi connectivity index (χ3n) is 6.05. The Bertz CT molecular complexity index is 827. The summed E-state index contributed by atoms with van der Waals surface area (Å²) in [5.41, 5.74) is 3.54. The van der Waals surface area contributed by atoms with Crippen molar-refractivity contribution in [2.75, 3.05) is 19.6 Å². The maximum Gasteiger partial charge on any atom is 0.255 e. The van der Waals surface area contributed by atoms with Crippen LogP contribution < -0.4 is 5.32 Å². The zero-order chi connectivity index (χ0) is 21.2. The van der Waals surface area contributed by atoms with Crippen LogP contribution in [0.4, 0.5) is 0 Å². The van der Waals surface area contributed by atoms with Gasteiger partial charge in [0.15, 0.2) is 0 Å². The monoisotopic (exact) mass is 396 g/mol. The average Bonchev–Trinajstić information content (AvgIpc) is 2.98. The van der Waals surface area contributed by atoms with Gasteiger partial charge in [0.2, 0.25) is 0 Å². The van der Waals surface area contributed by atoms with Gasteiger partial charge in [0, 0.05) is 12.2 Å². The fourth-order valence-electron chi connectivity index (χ4n) is 4.38. The topological polar surface area (TPSA) is 50.2 Å². The number of rotatable bonds is 5. The standard InChI is InChI=1S/C24H36N4O/c1-17-12-14-27(15-13-17)21(20-10-8-7-9-11-20)16-25-23(29)22-18(2)26-28(19(22)3)24(4,5)6/h7-11,17,21H,12-16H2,1-6H3,(H,25,29). The van der Waals surface area contributed by atoms with Crippen molar-refractivity contribution in [3.63, 3.8) is 0 Å². The van der Waals surface area contributed by atoms with E-state index >= 15 is 0 Å². The molecule has 3 rings (SSSR count). The minimum absolute atomic E-state index is 0.0261. The van der Waals surface area contributed by atoms with Crippen molar-refractivity contribution in [1.29, 1.82) is 0 Å². The summed E-state index contributed by atoms with van der Waals surface area (Å²) in [4.78, 5) is 15.6. The van der Waals surface area contributed by atoms with Gasteiger partial charge >= 0.3 is 0 Å². The largest absolute Gasteiger partial charge is 0.350 e. The Hall–Kier alpha value is -2.14. The summed E-state index contributed by atoms with van der Waals surface area (Å²) in [6.45, 7) is 15.3. The van der Waals surface area contributed by atoms with Crippen LogP contribution in [0.15, 0.2) is 30.3 Å². The molecule has 5 heteroatoms. The van der Waals surface area contributed by atoms with Gasteiger partial charge in [0.05, 0.1) is 22.8 Å². The van der Waals surface area contributed by atoms with Crippen molar-refractivity contribution in [3.8, 4) is 0 Å². The molecule has 5 nitrogen and oxygen atoms in total. The molecule has 1 saturated heterocycles. The highest BCUT2D eigenvalue weighted by molar-refractivity contribution is 5.96. The third kappa shape index (κ3) is 4.89. The van der Waals surface area contributed by atoms with E-state index in [1.165, 1.54) is 18.4 Å². The second-order valence-electron chi connectivity index (χ2n) is 9.48. The van der Waals surface area contributed by atoms with E-state index in [4.69, 9.17) is 0 Å². The summed E-state index contributed by atoms with van der Waals surface area (Å²) in [7, 11) is 0. The molecular weight excluding hydrogens is 360 g/mol. The van der Waals surface area contributed by atoms with Gasteiger partial charge in [-0.05, 0) is 72.0 Å². The molecule has 1 N–H and O–H groups in total. The lowest BCUT2D eigenvalue weighted by Gasteiger charge is -2.37. The first-order valence-corrected chi connectivity index (χ1v) is 10.8. The molecular formula is C24H36N4O. The number of aryl methyl sites for hydroxylation is 1. The fourth-order valence-corrected chi connectivity index (χ4v) is 4.38. The quantitative estimate of drug-likeness (QED) is 0.812. The average molecular weight is 397 g/mol. The van der Waals surface area contributed by atoms with E-state index in [1.807, 2.05) is 24.6 Å². The number of likely N-dealkylation sites (tertiary alicyclic amines) is 1.